The number of carbonyl (C=O) groups excluding carboxylic acids is 2. The lowest BCUT2D eigenvalue weighted by atomic mass is 9.96. The zero-order valence-corrected chi connectivity index (χ0v) is 14.5. The van der Waals surface area contributed by atoms with E-state index in [1.54, 1.807) is 36.4 Å². The smallest absolute Gasteiger partial charge is 0.336 e. The molecule has 0 fully saturated rings. The Balaban J connectivity index is 1.99. The summed E-state index contributed by atoms with van der Waals surface area (Å²) < 4.78 is 0. The second-order valence-corrected chi connectivity index (χ2v) is 6.03. The third kappa shape index (κ3) is 3.57. The zero-order valence-electron chi connectivity index (χ0n) is 14.5. The molecule has 0 heterocycles. The molecule has 0 saturated heterocycles. The van der Waals surface area contributed by atoms with Crippen molar-refractivity contribution in [1.82, 2.24) is 0 Å². The average molecular weight is 374 g/mol. The van der Waals surface area contributed by atoms with E-state index in [1.165, 1.54) is 24.3 Å². The van der Waals surface area contributed by atoms with Crippen LogP contribution in [0.15, 0.2) is 60.7 Å². The first-order valence-corrected chi connectivity index (χ1v) is 8.20. The highest BCUT2D eigenvalue weighted by molar-refractivity contribution is 5.99. The minimum absolute atomic E-state index is 0.0767. The number of hydrogen-bond donors (Lipinski definition) is 2. The van der Waals surface area contributed by atoms with Gasteiger partial charge in [-0.05, 0) is 34.4 Å². The van der Waals surface area contributed by atoms with Crippen LogP contribution in [0, 0.1) is 0 Å². The summed E-state index contributed by atoms with van der Waals surface area (Å²) in [6.45, 7) is 0. The average Bonchev–Trinajstić information content (AvgIpc) is 2.72. The summed E-state index contributed by atoms with van der Waals surface area (Å²) >= 11 is 0. The van der Waals surface area contributed by atoms with Crippen LogP contribution in [0.5, 0.6) is 0 Å². The van der Waals surface area contributed by atoms with Gasteiger partial charge in [-0.3, -0.25) is 9.59 Å². The summed E-state index contributed by atoms with van der Waals surface area (Å²) in [6, 6.07) is 16.2. The Morgan fingerprint density at radius 1 is 0.571 bits per heavy atom. The Morgan fingerprint density at radius 3 is 1.18 bits per heavy atom. The van der Waals surface area contributed by atoms with E-state index in [2.05, 4.69) is 0 Å². The molecule has 3 aromatic rings. The van der Waals surface area contributed by atoms with Crippen molar-refractivity contribution < 1.29 is 29.4 Å². The molecule has 0 aliphatic rings. The predicted molar refractivity (Wildman–Crippen MR) is 102 cm³/mol. The molecule has 0 aromatic heterocycles. The Morgan fingerprint density at radius 2 is 0.893 bits per heavy atom. The lowest BCUT2D eigenvalue weighted by Gasteiger charge is -2.08. The first-order chi connectivity index (χ1) is 13.4. The van der Waals surface area contributed by atoms with Crippen LogP contribution in [0.4, 0.5) is 0 Å². The molecule has 0 saturated carbocycles. The van der Waals surface area contributed by atoms with Crippen LogP contribution in [-0.2, 0) is 0 Å². The summed E-state index contributed by atoms with van der Waals surface area (Å²) in [4.78, 5) is 44.6. The van der Waals surface area contributed by atoms with Crippen molar-refractivity contribution in [1.29, 1.82) is 0 Å². The fourth-order valence-electron chi connectivity index (χ4n) is 2.90. The van der Waals surface area contributed by atoms with Gasteiger partial charge in [0.1, 0.15) is 0 Å². The van der Waals surface area contributed by atoms with Crippen molar-refractivity contribution in [3.63, 3.8) is 0 Å². The maximum absolute atomic E-state index is 11.3. The van der Waals surface area contributed by atoms with Crippen molar-refractivity contribution in [3.8, 4) is 22.3 Å². The van der Waals surface area contributed by atoms with Gasteiger partial charge in [0.15, 0.2) is 12.6 Å². The number of carboxylic acids is 2. The van der Waals surface area contributed by atoms with Crippen LogP contribution in [-0.4, -0.2) is 34.7 Å². The van der Waals surface area contributed by atoms with Gasteiger partial charge in [-0.25, -0.2) is 9.59 Å². The first-order valence-electron chi connectivity index (χ1n) is 8.20. The third-order valence-corrected chi connectivity index (χ3v) is 4.37. The second-order valence-electron chi connectivity index (χ2n) is 6.03. The highest BCUT2D eigenvalue weighted by Crippen LogP contribution is 2.27. The fourth-order valence-corrected chi connectivity index (χ4v) is 2.90. The topological polar surface area (TPSA) is 109 Å². The largest absolute Gasteiger partial charge is 0.478 e. The number of carboxylic acid groups (broad SMARTS) is 2. The van der Waals surface area contributed by atoms with E-state index < -0.39 is 11.9 Å². The monoisotopic (exact) mass is 374 g/mol. The van der Waals surface area contributed by atoms with Crippen molar-refractivity contribution in [2.45, 2.75) is 0 Å². The molecule has 6 heteroatoms. The van der Waals surface area contributed by atoms with E-state index in [9.17, 15) is 29.4 Å². The van der Waals surface area contributed by atoms with Crippen LogP contribution in [0.3, 0.4) is 0 Å². The van der Waals surface area contributed by atoms with E-state index in [0.29, 0.717) is 23.7 Å². The molecule has 0 bridgehead atoms. The van der Waals surface area contributed by atoms with Crippen LogP contribution in [0.25, 0.3) is 22.3 Å². The van der Waals surface area contributed by atoms with Crippen molar-refractivity contribution in [2.24, 2.45) is 0 Å². The van der Waals surface area contributed by atoms with Crippen molar-refractivity contribution >= 4 is 24.5 Å². The standard InChI is InChI=1S/C22H14O6/c23-11-17-7-5-15(9-19(17)21(25)26)13-1-2-14(4-3-13)16-6-8-18(12-24)20(10-16)22(27)28/h1-12H,(H,25,26)(H,27,28). The zero-order chi connectivity index (χ0) is 20.3. The lowest BCUT2D eigenvalue weighted by molar-refractivity contribution is 0.0684. The van der Waals surface area contributed by atoms with Crippen LogP contribution in [0.1, 0.15) is 41.4 Å². The molecule has 138 valence electrons. The van der Waals surface area contributed by atoms with Crippen LogP contribution in [0.2, 0.25) is 0 Å². The number of aldehydes is 2. The highest BCUT2D eigenvalue weighted by atomic mass is 16.4. The third-order valence-electron chi connectivity index (χ3n) is 4.37. The summed E-state index contributed by atoms with van der Waals surface area (Å²) in [5.41, 5.74) is 2.81. The van der Waals surface area contributed by atoms with E-state index >= 15 is 0 Å². The quantitative estimate of drug-likeness (QED) is 0.630. The maximum Gasteiger partial charge on any atom is 0.336 e. The molecule has 0 radical (unpaired) electrons. The fraction of sp³-hybridized carbons (Fsp3) is 0. The van der Waals surface area contributed by atoms with Crippen molar-refractivity contribution in [2.75, 3.05) is 0 Å². The molecular weight excluding hydrogens is 360 g/mol. The number of rotatable bonds is 6. The van der Waals surface area contributed by atoms with Gasteiger partial charge in [0.05, 0.1) is 11.1 Å². The van der Waals surface area contributed by atoms with Gasteiger partial charge in [0.25, 0.3) is 0 Å². The number of carbonyl (C=O) groups is 4. The van der Waals surface area contributed by atoms with E-state index in [1.807, 2.05) is 0 Å². The van der Waals surface area contributed by atoms with Crippen molar-refractivity contribution in [3.05, 3.63) is 82.9 Å². The molecule has 0 spiro atoms. The summed E-state index contributed by atoms with van der Waals surface area (Å²) in [5, 5.41) is 18.5. The normalized spacial score (nSPS) is 10.3. The summed E-state index contributed by atoms with van der Waals surface area (Å²) in [5.74, 6) is -2.37. The Labute approximate surface area is 159 Å². The summed E-state index contributed by atoms with van der Waals surface area (Å²) in [7, 11) is 0. The van der Waals surface area contributed by atoms with Gasteiger partial charge >= 0.3 is 11.9 Å². The molecule has 28 heavy (non-hydrogen) atoms. The lowest BCUT2D eigenvalue weighted by Crippen LogP contribution is -2.02. The Bertz CT molecular complexity index is 1010. The molecule has 3 aromatic carbocycles. The molecule has 0 amide bonds. The van der Waals surface area contributed by atoms with Gasteiger partial charge in [0, 0.05) is 11.1 Å². The molecule has 6 nitrogen and oxygen atoms in total. The molecule has 0 unspecified atom stereocenters. The van der Waals surface area contributed by atoms with Gasteiger partial charge < -0.3 is 10.2 Å². The predicted octanol–water partition coefficient (Wildman–Crippen LogP) is 4.04. The van der Waals surface area contributed by atoms with Gasteiger partial charge in [0.2, 0.25) is 0 Å². The van der Waals surface area contributed by atoms with E-state index in [0.717, 1.165) is 11.1 Å². The van der Waals surface area contributed by atoms with E-state index in [4.69, 9.17) is 0 Å². The van der Waals surface area contributed by atoms with Gasteiger partial charge in [-0.1, -0.05) is 48.5 Å². The molecule has 3 rings (SSSR count). The minimum atomic E-state index is -1.18. The molecule has 0 aliphatic carbocycles. The Hall–Kier alpha value is -4.06. The van der Waals surface area contributed by atoms with Gasteiger partial charge in [-0.2, -0.15) is 0 Å². The number of aromatic carboxylic acids is 2. The number of hydrogen-bond acceptors (Lipinski definition) is 4. The second kappa shape index (κ2) is 7.67. The molecule has 2 N–H and O–H groups in total. The Kier molecular flexibility index (Phi) is 5.13. The minimum Gasteiger partial charge on any atom is -0.478 e. The van der Waals surface area contributed by atoms with E-state index in [-0.39, 0.29) is 22.3 Å². The van der Waals surface area contributed by atoms with Crippen LogP contribution < -0.4 is 0 Å². The van der Waals surface area contributed by atoms with Crippen LogP contribution >= 0.6 is 0 Å². The first kappa shape index (κ1) is 18.7. The van der Waals surface area contributed by atoms with Gasteiger partial charge in [-0.15, -0.1) is 0 Å². The maximum atomic E-state index is 11.3. The molecular formula is C22H14O6. The summed E-state index contributed by atoms with van der Waals surface area (Å²) in [6.07, 6.45) is 0.999. The number of benzene rings is 3. The highest BCUT2D eigenvalue weighted by Gasteiger charge is 2.13. The SMILES string of the molecule is O=Cc1ccc(-c2ccc(-c3ccc(C=O)c(C(=O)O)c3)cc2)cc1C(=O)O. The molecule has 0 aliphatic heterocycles. The molecule has 0 atom stereocenters.